The van der Waals surface area contributed by atoms with Gasteiger partial charge in [-0.2, -0.15) is 0 Å². The lowest BCUT2D eigenvalue weighted by Crippen LogP contribution is -2.22. The first-order chi connectivity index (χ1) is 9.11. The molecule has 0 amide bonds. The molecule has 1 aromatic heterocycles. The number of nitrogens with one attached hydrogen (secondary N) is 1. The Balaban J connectivity index is 2.36. The van der Waals surface area contributed by atoms with Gasteiger partial charge < -0.3 is 5.32 Å². The van der Waals surface area contributed by atoms with Gasteiger partial charge in [-0.15, -0.1) is 11.3 Å². The van der Waals surface area contributed by atoms with Gasteiger partial charge in [0, 0.05) is 14.4 Å². The zero-order valence-corrected chi connectivity index (χ0v) is 15.2. The molecule has 1 atom stereocenters. The molecule has 0 radical (unpaired) electrons. The lowest BCUT2D eigenvalue weighted by Gasteiger charge is -2.19. The minimum atomic E-state index is 0.197. The Hall–Kier alpha value is 0.130. The van der Waals surface area contributed by atoms with E-state index < -0.39 is 0 Å². The topological polar surface area (TPSA) is 12.0 Å². The molecule has 1 N–H and O–H groups in total. The largest absolute Gasteiger partial charge is 0.306 e. The molecule has 0 bridgehead atoms. The van der Waals surface area contributed by atoms with E-state index in [2.05, 4.69) is 62.3 Å². The first-order valence-corrected chi connectivity index (χ1v) is 8.83. The second kappa shape index (κ2) is 7.23. The van der Waals surface area contributed by atoms with Crippen LogP contribution >= 0.6 is 54.8 Å². The Morgan fingerprint density at radius 3 is 2.63 bits per heavy atom. The van der Waals surface area contributed by atoms with Crippen molar-refractivity contribution in [2.75, 3.05) is 6.54 Å². The number of thiophene rings is 1. The summed E-state index contributed by atoms with van der Waals surface area (Å²) >= 11 is 14.9. The molecule has 0 spiro atoms. The molecule has 1 unspecified atom stereocenters. The summed E-state index contributed by atoms with van der Waals surface area (Å²) in [5.74, 6) is 0. The highest BCUT2D eigenvalue weighted by atomic mass is 79.9. The molecule has 1 aromatic carbocycles. The van der Waals surface area contributed by atoms with Crippen molar-refractivity contribution in [2.45, 2.75) is 19.4 Å². The molecule has 0 saturated carbocycles. The maximum Gasteiger partial charge on any atom is 0.0702 e. The van der Waals surface area contributed by atoms with Gasteiger partial charge in [0.05, 0.1) is 9.83 Å². The van der Waals surface area contributed by atoms with Crippen LogP contribution in [0, 0.1) is 0 Å². The predicted molar refractivity (Wildman–Crippen MR) is 91.3 cm³/mol. The van der Waals surface area contributed by atoms with E-state index in [1.807, 2.05) is 12.1 Å². The fourth-order valence-electron chi connectivity index (χ4n) is 1.87. The van der Waals surface area contributed by atoms with Gasteiger partial charge in [-0.05, 0) is 58.7 Å². The number of hydrogen-bond donors (Lipinski definition) is 1. The molecule has 0 aliphatic rings. The van der Waals surface area contributed by atoms with Crippen LogP contribution in [0.5, 0.6) is 0 Å². The van der Waals surface area contributed by atoms with Crippen molar-refractivity contribution < 1.29 is 0 Å². The third-order valence-electron chi connectivity index (χ3n) is 2.75. The van der Waals surface area contributed by atoms with Crippen LogP contribution < -0.4 is 5.32 Å². The summed E-state index contributed by atoms with van der Waals surface area (Å²) in [6, 6.07) is 10.4. The second-order valence-corrected chi connectivity index (χ2v) is 7.98. The normalized spacial score (nSPS) is 12.6. The van der Waals surface area contributed by atoms with E-state index in [-0.39, 0.29) is 6.04 Å². The molecular weight excluding hydrogens is 409 g/mol. The Kier molecular flexibility index (Phi) is 5.90. The van der Waals surface area contributed by atoms with Gasteiger partial charge in [0.15, 0.2) is 0 Å². The molecule has 0 aliphatic heterocycles. The van der Waals surface area contributed by atoms with Crippen molar-refractivity contribution in [1.29, 1.82) is 0 Å². The number of hydrogen-bond acceptors (Lipinski definition) is 2. The van der Waals surface area contributed by atoms with Crippen LogP contribution in [0.15, 0.2) is 38.6 Å². The number of rotatable bonds is 5. The highest BCUT2D eigenvalue weighted by Crippen LogP contribution is 2.35. The van der Waals surface area contributed by atoms with Crippen molar-refractivity contribution >= 4 is 54.8 Å². The van der Waals surface area contributed by atoms with E-state index >= 15 is 0 Å². The third kappa shape index (κ3) is 4.05. The lowest BCUT2D eigenvalue weighted by molar-refractivity contribution is 0.604. The molecule has 0 saturated heterocycles. The van der Waals surface area contributed by atoms with Gasteiger partial charge in [0.2, 0.25) is 0 Å². The second-order valence-electron chi connectivity index (χ2n) is 4.19. The first kappa shape index (κ1) is 15.5. The Labute approximate surface area is 139 Å². The minimum absolute atomic E-state index is 0.197. The van der Waals surface area contributed by atoms with Crippen LogP contribution in [-0.4, -0.2) is 6.54 Å². The van der Waals surface area contributed by atoms with Crippen LogP contribution in [0.3, 0.4) is 0 Å². The fourth-order valence-corrected chi connectivity index (χ4v) is 4.30. The molecule has 0 aliphatic carbocycles. The monoisotopic (exact) mass is 421 g/mol. The highest BCUT2D eigenvalue weighted by Gasteiger charge is 2.18. The molecule has 2 rings (SSSR count). The predicted octanol–water partition coefficient (Wildman–Crippen LogP) is 6.02. The van der Waals surface area contributed by atoms with Crippen LogP contribution in [0.25, 0.3) is 0 Å². The summed E-state index contributed by atoms with van der Waals surface area (Å²) in [5, 5.41) is 4.34. The zero-order chi connectivity index (χ0) is 13.8. The average molecular weight is 424 g/mol. The van der Waals surface area contributed by atoms with E-state index in [9.17, 15) is 0 Å². The van der Waals surface area contributed by atoms with Crippen LogP contribution in [0.4, 0.5) is 0 Å². The summed E-state index contributed by atoms with van der Waals surface area (Å²) in [5.41, 5.74) is 1.22. The Bertz CT molecular complexity index is 556. The Morgan fingerprint density at radius 1 is 1.26 bits per heavy atom. The quantitative estimate of drug-likeness (QED) is 0.620. The molecule has 1 heterocycles. The molecule has 102 valence electrons. The summed E-state index contributed by atoms with van der Waals surface area (Å²) in [4.78, 5) is 1.29. The van der Waals surface area contributed by atoms with E-state index in [0.717, 1.165) is 26.2 Å². The smallest absolute Gasteiger partial charge is 0.0702 e. The van der Waals surface area contributed by atoms with Crippen LogP contribution in [-0.2, 0) is 0 Å². The molecule has 0 fully saturated rings. The van der Waals surface area contributed by atoms with Gasteiger partial charge in [-0.3, -0.25) is 0 Å². The summed E-state index contributed by atoms with van der Waals surface area (Å²) in [7, 11) is 0. The molecule has 1 nitrogen and oxygen atoms in total. The fraction of sp³-hybridized carbons (Fsp3) is 0.286. The minimum Gasteiger partial charge on any atom is -0.306 e. The lowest BCUT2D eigenvalue weighted by atomic mass is 10.1. The third-order valence-corrected chi connectivity index (χ3v) is 5.36. The number of benzene rings is 1. The standard InChI is InChI=1S/C14H14Br2ClNS/c1-2-7-18-14(12-5-6-13(16)19-12)10-4-3-9(17)8-11(10)15/h3-6,8,14,18H,2,7H2,1H3. The van der Waals surface area contributed by atoms with Gasteiger partial charge in [0.1, 0.15) is 0 Å². The van der Waals surface area contributed by atoms with Crippen LogP contribution in [0.2, 0.25) is 5.02 Å². The van der Waals surface area contributed by atoms with Gasteiger partial charge in [0.25, 0.3) is 0 Å². The van der Waals surface area contributed by atoms with Crippen molar-refractivity contribution in [3.63, 3.8) is 0 Å². The maximum absolute atomic E-state index is 6.02. The highest BCUT2D eigenvalue weighted by molar-refractivity contribution is 9.11. The van der Waals surface area contributed by atoms with Gasteiger partial charge >= 0.3 is 0 Å². The number of halogens is 3. The molecule has 2 aromatic rings. The maximum atomic E-state index is 6.02. The van der Waals surface area contributed by atoms with Crippen molar-refractivity contribution in [1.82, 2.24) is 5.32 Å². The average Bonchev–Trinajstić information content (AvgIpc) is 2.78. The summed E-state index contributed by atoms with van der Waals surface area (Å²) < 4.78 is 2.19. The Morgan fingerprint density at radius 2 is 2.05 bits per heavy atom. The molecule has 5 heteroatoms. The van der Waals surface area contributed by atoms with E-state index in [4.69, 9.17) is 11.6 Å². The summed E-state index contributed by atoms with van der Waals surface area (Å²) in [6.07, 6.45) is 1.11. The van der Waals surface area contributed by atoms with Gasteiger partial charge in [-0.25, -0.2) is 0 Å². The zero-order valence-electron chi connectivity index (χ0n) is 10.4. The van der Waals surface area contributed by atoms with Crippen molar-refractivity contribution in [3.8, 4) is 0 Å². The van der Waals surface area contributed by atoms with E-state index in [1.165, 1.54) is 10.4 Å². The summed E-state index contributed by atoms with van der Waals surface area (Å²) in [6.45, 7) is 3.15. The van der Waals surface area contributed by atoms with Crippen LogP contribution in [0.1, 0.15) is 29.8 Å². The molecular formula is C14H14Br2ClNS. The van der Waals surface area contributed by atoms with E-state index in [0.29, 0.717) is 0 Å². The van der Waals surface area contributed by atoms with Crippen molar-refractivity contribution in [2.24, 2.45) is 0 Å². The van der Waals surface area contributed by atoms with Crippen molar-refractivity contribution in [3.05, 3.63) is 54.1 Å². The SMILES string of the molecule is CCCNC(c1ccc(Br)s1)c1ccc(Cl)cc1Br. The molecule has 19 heavy (non-hydrogen) atoms. The van der Waals surface area contributed by atoms with E-state index in [1.54, 1.807) is 11.3 Å². The van der Waals surface area contributed by atoms with Gasteiger partial charge in [-0.1, -0.05) is 40.5 Å². The first-order valence-electron chi connectivity index (χ1n) is 6.05.